The average molecular weight is 291 g/mol. The minimum atomic E-state index is 0.721. The smallest absolute Gasteiger partial charge is 0.221 e. The number of para-hydroxylation sites is 1. The van der Waals surface area contributed by atoms with E-state index in [0.29, 0.717) is 0 Å². The first-order chi connectivity index (χ1) is 10.9. The van der Waals surface area contributed by atoms with E-state index in [-0.39, 0.29) is 0 Å². The Kier molecular flexibility index (Phi) is 4.69. The molecular weight excluding hydrogens is 270 g/mol. The summed E-state index contributed by atoms with van der Waals surface area (Å²) in [4.78, 5) is 4.73. The number of rotatable bonds is 6. The van der Waals surface area contributed by atoms with Gasteiger partial charge in [-0.05, 0) is 24.1 Å². The number of ether oxygens (including phenoxy) is 1. The summed E-state index contributed by atoms with van der Waals surface area (Å²) in [5.41, 5.74) is 3.19. The third-order valence-electron chi connectivity index (χ3n) is 3.76. The van der Waals surface area contributed by atoms with Gasteiger partial charge >= 0.3 is 0 Å². The number of aromatic nitrogens is 1. The first-order valence-electron chi connectivity index (χ1n) is 7.96. The predicted octanol–water partition coefficient (Wildman–Crippen LogP) is 5.47. The maximum absolute atomic E-state index is 5.99. The minimum absolute atomic E-state index is 0.721. The molecule has 22 heavy (non-hydrogen) atoms. The predicted molar refractivity (Wildman–Crippen MR) is 92.2 cm³/mol. The normalized spacial score (nSPS) is 10.8. The second-order valence-electron chi connectivity index (χ2n) is 5.46. The summed E-state index contributed by atoms with van der Waals surface area (Å²) >= 11 is 0. The van der Waals surface area contributed by atoms with Crippen molar-refractivity contribution in [1.29, 1.82) is 0 Å². The Morgan fingerprint density at radius 2 is 1.68 bits per heavy atom. The second kappa shape index (κ2) is 7.08. The molecule has 3 rings (SSSR count). The zero-order valence-corrected chi connectivity index (χ0v) is 13.0. The molecule has 0 aliphatic carbocycles. The van der Waals surface area contributed by atoms with Crippen molar-refractivity contribution in [2.24, 2.45) is 0 Å². The van der Waals surface area contributed by atoms with Crippen molar-refractivity contribution in [1.82, 2.24) is 4.98 Å². The van der Waals surface area contributed by atoms with Gasteiger partial charge in [-0.2, -0.15) is 0 Å². The van der Waals surface area contributed by atoms with Crippen LogP contribution < -0.4 is 4.74 Å². The lowest BCUT2D eigenvalue weighted by Gasteiger charge is -2.12. The Morgan fingerprint density at radius 1 is 0.909 bits per heavy atom. The Balaban J connectivity index is 1.99. The summed E-state index contributed by atoms with van der Waals surface area (Å²) in [6, 6.07) is 20.7. The first-order valence-corrected chi connectivity index (χ1v) is 7.96. The molecule has 1 aromatic heterocycles. The molecule has 0 aliphatic heterocycles. The molecule has 0 fully saturated rings. The van der Waals surface area contributed by atoms with Crippen LogP contribution in [0.2, 0.25) is 0 Å². The van der Waals surface area contributed by atoms with Crippen LogP contribution in [0.4, 0.5) is 0 Å². The Bertz CT molecular complexity index is 737. The third kappa shape index (κ3) is 3.28. The lowest BCUT2D eigenvalue weighted by molar-refractivity contribution is 0.297. The summed E-state index contributed by atoms with van der Waals surface area (Å²) in [7, 11) is 0. The highest BCUT2D eigenvalue weighted by Gasteiger charge is 2.10. The number of hydrogen-bond donors (Lipinski definition) is 0. The van der Waals surface area contributed by atoms with Gasteiger partial charge in [0.25, 0.3) is 0 Å². The van der Waals surface area contributed by atoms with Crippen molar-refractivity contribution in [2.45, 2.75) is 26.2 Å². The lowest BCUT2D eigenvalue weighted by atomic mass is 10.0. The van der Waals surface area contributed by atoms with Crippen molar-refractivity contribution < 1.29 is 4.74 Å². The van der Waals surface area contributed by atoms with Crippen molar-refractivity contribution in [3.63, 3.8) is 0 Å². The largest absolute Gasteiger partial charge is 0.477 e. The van der Waals surface area contributed by atoms with Gasteiger partial charge in [-0.15, -0.1) is 0 Å². The highest BCUT2D eigenvalue weighted by atomic mass is 16.5. The molecule has 3 aromatic rings. The van der Waals surface area contributed by atoms with E-state index in [9.17, 15) is 0 Å². The van der Waals surface area contributed by atoms with Crippen LogP contribution in [0.5, 0.6) is 5.88 Å². The molecular formula is C20H21NO. The van der Waals surface area contributed by atoms with Gasteiger partial charge in [0.15, 0.2) is 0 Å². The van der Waals surface area contributed by atoms with E-state index < -0.39 is 0 Å². The quantitative estimate of drug-likeness (QED) is 0.562. The number of hydrogen-bond acceptors (Lipinski definition) is 2. The summed E-state index contributed by atoms with van der Waals surface area (Å²) < 4.78 is 5.99. The minimum Gasteiger partial charge on any atom is -0.477 e. The number of fused-ring (bicyclic) bond motifs is 1. The molecule has 0 bridgehead atoms. The summed E-state index contributed by atoms with van der Waals surface area (Å²) in [6.07, 6.45) is 3.45. The highest BCUT2D eigenvalue weighted by Crippen LogP contribution is 2.31. The van der Waals surface area contributed by atoms with Crippen LogP contribution in [0.3, 0.4) is 0 Å². The molecule has 0 N–H and O–H groups in total. The van der Waals surface area contributed by atoms with Gasteiger partial charge in [-0.3, -0.25) is 0 Å². The standard InChI is InChI=1S/C20H21NO/c1-2-3-9-14-22-20-18(16-10-5-4-6-11-16)15-17-12-7-8-13-19(17)21-20/h4-8,10-13,15H,2-3,9,14H2,1H3. The van der Waals surface area contributed by atoms with E-state index in [1.54, 1.807) is 0 Å². The van der Waals surface area contributed by atoms with Gasteiger partial charge < -0.3 is 4.74 Å². The van der Waals surface area contributed by atoms with Gasteiger partial charge in [0.1, 0.15) is 0 Å². The molecule has 0 spiro atoms. The molecule has 112 valence electrons. The number of pyridine rings is 1. The van der Waals surface area contributed by atoms with Gasteiger partial charge in [-0.25, -0.2) is 4.98 Å². The van der Waals surface area contributed by atoms with Gasteiger partial charge in [-0.1, -0.05) is 68.3 Å². The van der Waals surface area contributed by atoms with Crippen LogP contribution in [0.1, 0.15) is 26.2 Å². The monoisotopic (exact) mass is 291 g/mol. The first kappa shape index (κ1) is 14.6. The lowest BCUT2D eigenvalue weighted by Crippen LogP contribution is -2.01. The molecule has 0 aliphatic rings. The van der Waals surface area contributed by atoms with Gasteiger partial charge in [0.05, 0.1) is 12.1 Å². The van der Waals surface area contributed by atoms with E-state index in [0.717, 1.165) is 40.9 Å². The zero-order chi connectivity index (χ0) is 15.2. The zero-order valence-electron chi connectivity index (χ0n) is 13.0. The summed E-state index contributed by atoms with van der Waals surface area (Å²) in [6.45, 7) is 2.92. The van der Waals surface area contributed by atoms with E-state index >= 15 is 0 Å². The average Bonchev–Trinajstić information content (AvgIpc) is 2.59. The molecule has 0 atom stereocenters. The molecule has 1 heterocycles. The third-order valence-corrected chi connectivity index (χ3v) is 3.76. The van der Waals surface area contributed by atoms with Crippen molar-refractivity contribution in [3.8, 4) is 17.0 Å². The van der Waals surface area contributed by atoms with Crippen molar-refractivity contribution in [2.75, 3.05) is 6.61 Å². The molecule has 0 radical (unpaired) electrons. The van der Waals surface area contributed by atoms with Crippen molar-refractivity contribution in [3.05, 3.63) is 60.7 Å². The van der Waals surface area contributed by atoms with Crippen LogP contribution in [-0.2, 0) is 0 Å². The SMILES string of the molecule is CCCCCOc1nc2ccccc2cc1-c1ccccc1. The van der Waals surface area contributed by atoms with Crippen LogP contribution in [0.25, 0.3) is 22.0 Å². The number of unbranched alkanes of at least 4 members (excludes halogenated alkanes) is 2. The summed E-state index contributed by atoms with van der Waals surface area (Å²) in [5.74, 6) is 0.737. The molecule has 0 amide bonds. The molecule has 2 heteroatoms. The number of nitrogens with zero attached hydrogens (tertiary/aromatic N) is 1. The van der Waals surface area contributed by atoms with E-state index in [4.69, 9.17) is 9.72 Å². The van der Waals surface area contributed by atoms with Gasteiger partial charge in [0, 0.05) is 10.9 Å². The topological polar surface area (TPSA) is 22.1 Å². The van der Waals surface area contributed by atoms with Crippen LogP contribution >= 0.6 is 0 Å². The maximum Gasteiger partial charge on any atom is 0.221 e. The molecule has 0 saturated carbocycles. The Hall–Kier alpha value is -2.35. The maximum atomic E-state index is 5.99. The van der Waals surface area contributed by atoms with Crippen LogP contribution in [-0.4, -0.2) is 11.6 Å². The fourth-order valence-electron chi connectivity index (χ4n) is 2.55. The number of benzene rings is 2. The Labute approximate surface area is 131 Å². The van der Waals surface area contributed by atoms with Crippen LogP contribution in [0, 0.1) is 0 Å². The second-order valence-corrected chi connectivity index (χ2v) is 5.46. The fourth-order valence-corrected chi connectivity index (χ4v) is 2.55. The van der Waals surface area contributed by atoms with E-state index in [1.807, 2.05) is 36.4 Å². The van der Waals surface area contributed by atoms with Gasteiger partial charge in [0.2, 0.25) is 5.88 Å². The molecule has 0 saturated heterocycles. The fraction of sp³-hybridized carbons (Fsp3) is 0.250. The Morgan fingerprint density at radius 3 is 2.50 bits per heavy atom. The van der Waals surface area contributed by atoms with Crippen LogP contribution in [0.15, 0.2) is 60.7 Å². The molecule has 0 unspecified atom stereocenters. The van der Waals surface area contributed by atoms with Crippen molar-refractivity contribution >= 4 is 10.9 Å². The molecule has 2 aromatic carbocycles. The molecule has 2 nitrogen and oxygen atoms in total. The van der Waals surface area contributed by atoms with E-state index in [2.05, 4.69) is 31.2 Å². The highest BCUT2D eigenvalue weighted by molar-refractivity contribution is 5.86. The van der Waals surface area contributed by atoms with E-state index in [1.165, 1.54) is 12.8 Å². The summed E-state index contributed by atoms with van der Waals surface area (Å²) in [5, 5.41) is 1.14.